The van der Waals surface area contributed by atoms with Crippen LogP contribution in [0.3, 0.4) is 0 Å². The molecule has 0 radical (unpaired) electrons. The van der Waals surface area contributed by atoms with Gasteiger partial charge >= 0.3 is 0 Å². The lowest BCUT2D eigenvalue weighted by atomic mass is 10.1. The Morgan fingerprint density at radius 3 is 1.25 bits per heavy atom. The van der Waals surface area contributed by atoms with Crippen LogP contribution >= 0.6 is 0 Å². The summed E-state index contributed by atoms with van der Waals surface area (Å²) >= 11 is 0. The van der Waals surface area contributed by atoms with E-state index in [0.717, 1.165) is 88.7 Å². The molecule has 0 N–H and O–H groups in total. The molecule has 0 aliphatic carbocycles. The lowest BCUT2D eigenvalue weighted by molar-refractivity contribution is 0.954. The molecule has 0 atom stereocenters. The van der Waals surface area contributed by atoms with Gasteiger partial charge in [0, 0.05) is 60.2 Å². The van der Waals surface area contributed by atoms with Gasteiger partial charge in [0.2, 0.25) is 11.9 Å². The van der Waals surface area contributed by atoms with Gasteiger partial charge in [0.1, 0.15) is 5.52 Å². The Morgan fingerprint density at radius 2 is 0.687 bits per heavy atom. The standard InChI is InChI=1S/C59H36N8/c1-4-18-37(19-5-1)63-47-28-14-10-24-40(47)43-34-35-51-53(54(43)63)46-27-13-17-31-50(46)66(51)59-62-57-52(65(59)39-22-8-3-9-23-39)36-60-58(61-57)67-49-30-16-12-26-42(49)45-33-32-44-41-25-11-15-29-48(41)64(55(44)56(45)67)38-20-6-2-7-21-38/h1-36H. The highest BCUT2D eigenvalue weighted by Gasteiger charge is 2.27. The van der Waals surface area contributed by atoms with E-state index in [1.54, 1.807) is 0 Å². The zero-order valence-corrected chi connectivity index (χ0v) is 35.9. The van der Waals surface area contributed by atoms with E-state index in [1.807, 2.05) is 12.3 Å². The van der Waals surface area contributed by atoms with Gasteiger partial charge in [-0.1, -0.05) is 146 Å². The second-order valence-electron chi connectivity index (χ2n) is 17.3. The first-order valence-electron chi connectivity index (χ1n) is 22.6. The quantitative estimate of drug-likeness (QED) is 0.173. The summed E-state index contributed by atoms with van der Waals surface area (Å²) in [5.74, 6) is 1.28. The van der Waals surface area contributed by atoms with Crippen LogP contribution in [0, 0.1) is 0 Å². The third kappa shape index (κ3) is 4.93. The summed E-state index contributed by atoms with van der Waals surface area (Å²) in [4.78, 5) is 16.4. The van der Waals surface area contributed by atoms with E-state index in [4.69, 9.17) is 15.0 Å². The third-order valence-electron chi connectivity index (χ3n) is 13.8. The van der Waals surface area contributed by atoms with Gasteiger partial charge in [0.15, 0.2) is 5.65 Å². The number of aromatic nitrogens is 8. The van der Waals surface area contributed by atoms with Crippen molar-refractivity contribution in [2.75, 3.05) is 0 Å². The van der Waals surface area contributed by atoms with Crippen LogP contribution in [0.5, 0.6) is 0 Å². The predicted molar refractivity (Wildman–Crippen MR) is 274 cm³/mol. The third-order valence-corrected chi connectivity index (χ3v) is 13.8. The van der Waals surface area contributed by atoms with Crippen LogP contribution in [-0.2, 0) is 0 Å². The van der Waals surface area contributed by atoms with Crippen molar-refractivity contribution in [3.05, 3.63) is 219 Å². The topological polar surface area (TPSA) is 63.3 Å². The van der Waals surface area contributed by atoms with Gasteiger partial charge in [0.25, 0.3) is 0 Å². The molecule has 0 saturated carbocycles. The summed E-state index contributed by atoms with van der Waals surface area (Å²) in [6.45, 7) is 0. The maximum Gasteiger partial charge on any atom is 0.236 e. The summed E-state index contributed by atoms with van der Waals surface area (Å²) in [5.41, 5.74) is 13.3. The highest BCUT2D eigenvalue weighted by Crippen LogP contribution is 2.44. The number of hydrogen-bond donors (Lipinski definition) is 0. The minimum Gasteiger partial charge on any atom is -0.309 e. The highest BCUT2D eigenvalue weighted by molar-refractivity contribution is 6.26. The largest absolute Gasteiger partial charge is 0.309 e. The molecule has 312 valence electrons. The van der Waals surface area contributed by atoms with Crippen LogP contribution in [0.4, 0.5) is 0 Å². The molecule has 0 unspecified atom stereocenters. The van der Waals surface area contributed by atoms with E-state index in [2.05, 4.69) is 229 Å². The van der Waals surface area contributed by atoms with Crippen molar-refractivity contribution in [2.45, 2.75) is 0 Å². The molecule has 0 aliphatic heterocycles. The first kappa shape index (κ1) is 36.1. The first-order valence-corrected chi connectivity index (χ1v) is 22.6. The van der Waals surface area contributed by atoms with E-state index < -0.39 is 0 Å². The first-order chi connectivity index (χ1) is 33.3. The number of benzene rings is 9. The molecule has 67 heavy (non-hydrogen) atoms. The fraction of sp³-hybridized carbons (Fsp3) is 0. The maximum atomic E-state index is 5.58. The Balaban J connectivity index is 1.05. The molecule has 15 rings (SSSR count). The molecule has 0 amide bonds. The fourth-order valence-corrected chi connectivity index (χ4v) is 11.1. The van der Waals surface area contributed by atoms with Gasteiger partial charge in [-0.15, -0.1) is 0 Å². The minimum absolute atomic E-state index is 0.552. The van der Waals surface area contributed by atoms with Gasteiger partial charge in [0.05, 0.1) is 50.3 Å². The van der Waals surface area contributed by atoms with Gasteiger partial charge in [-0.05, 0) is 66.7 Å². The van der Waals surface area contributed by atoms with Crippen molar-refractivity contribution in [1.29, 1.82) is 0 Å². The highest BCUT2D eigenvalue weighted by atomic mass is 15.3. The maximum absolute atomic E-state index is 5.58. The second-order valence-corrected chi connectivity index (χ2v) is 17.3. The molecular weight excluding hydrogens is 821 g/mol. The van der Waals surface area contributed by atoms with E-state index >= 15 is 0 Å². The monoisotopic (exact) mass is 856 g/mol. The number of hydrogen-bond acceptors (Lipinski definition) is 3. The Morgan fingerprint density at radius 1 is 0.269 bits per heavy atom. The zero-order chi connectivity index (χ0) is 43.7. The van der Waals surface area contributed by atoms with Crippen molar-refractivity contribution >= 4 is 98.4 Å². The van der Waals surface area contributed by atoms with Crippen LogP contribution in [0.15, 0.2) is 219 Å². The average molecular weight is 857 g/mol. The van der Waals surface area contributed by atoms with Crippen LogP contribution in [0.2, 0.25) is 0 Å². The summed E-state index contributed by atoms with van der Waals surface area (Å²) in [6, 6.07) is 75.5. The number of imidazole rings is 1. The molecule has 15 aromatic rings. The SMILES string of the molecule is c1ccc(-n2c(-n3c4ccccc4c4c3ccc3c5ccccc5n(-c5ccccc5)c34)nc3nc(-n4c5ccccc5c5ccc6c7ccccc7n(-c7ccccc7)c6c54)ncc32)cc1. The number of nitrogens with zero attached hydrogens (tertiary/aromatic N) is 8. The molecule has 8 nitrogen and oxygen atoms in total. The van der Waals surface area contributed by atoms with E-state index in [9.17, 15) is 0 Å². The van der Waals surface area contributed by atoms with E-state index in [-0.39, 0.29) is 0 Å². The van der Waals surface area contributed by atoms with Crippen LogP contribution in [0.1, 0.15) is 0 Å². The molecule has 0 bridgehead atoms. The molecule has 0 spiro atoms. The average Bonchev–Trinajstić information content (AvgIpc) is 4.19. The summed E-state index contributed by atoms with van der Waals surface area (Å²) < 4.78 is 11.6. The molecule has 9 aromatic carbocycles. The predicted octanol–water partition coefficient (Wildman–Crippen LogP) is 14.2. The summed E-state index contributed by atoms with van der Waals surface area (Å²) in [5, 5.41) is 9.34. The van der Waals surface area contributed by atoms with Crippen molar-refractivity contribution < 1.29 is 0 Å². The second kappa shape index (κ2) is 13.6. The number of rotatable bonds is 5. The van der Waals surface area contributed by atoms with Crippen LogP contribution in [-0.4, -0.2) is 37.8 Å². The Hall–Kier alpha value is -9.27. The Kier molecular flexibility index (Phi) is 7.34. The van der Waals surface area contributed by atoms with E-state index in [0.29, 0.717) is 11.6 Å². The Bertz CT molecular complexity index is 4490. The normalized spacial score (nSPS) is 12.2. The smallest absolute Gasteiger partial charge is 0.236 e. The van der Waals surface area contributed by atoms with Gasteiger partial charge in [-0.25, -0.2) is 4.98 Å². The molecule has 6 aromatic heterocycles. The van der Waals surface area contributed by atoms with Crippen LogP contribution in [0.25, 0.3) is 127 Å². The Labute approximate surface area is 382 Å². The van der Waals surface area contributed by atoms with Crippen molar-refractivity contribution in [2.24, 2.45) is 0 Å². The van der Waals surface area contributed by atoms with Gasteiger partial charge < -0.3 is 9.13 Å². The van der Waals surface area contributed by atoms with Crippen molar-refractivity contribution in [3.63, 3.8) is 0 Å². The molecule has 6 heterocycles. The summed E-state index contributed by atoms with van der Waals surface area (Å²) in [7, 11) is 0. The number of fused-ring (bicyclic) bond motifs is 15. The molecule has 8 heteroatoms. The van der Waals surface area contributed by atoms with Gasteiger partial charge in [-0.2, -0.15) is 9.97 Å². The number of para-hydroxylation sites is 7. The lowest BCUT2D eigenvalue weighted by Gasteiger charge is -2.13. The molecule has 0 fully saturated rings. The summed E-state index contributed by atoms with van der Waals surface area (Å²) in [6.07, 6.45) is 1.95. The fourth-order valence-electron chi connectivity index (χ4n) is 11.1. The van der Waals surface area contributed by atoms with E-state index in [1.165, 1.54) is 27.1 Å². The lowest BCUT2D eigenvalue weighted by Crippen LogP contribution is -2.05. The molecular formula is C59H36N8. The van der Waals surface area contributed by atoms with Crippen LogP contribution < -0.4 is 0 Å². The van der Waals surface area contributed by atoms with Crippen molar-refractivity contribution in [1.82, 2.24) is 37.8 Å². The van der Waals surface area contributed by atoms with Gasteiger partial charge in [-0.3, -0.25) is 13.7 Å². The zero-order valence-electron chi connectivity index (χ0n) is 35.9. The molecule has 0 saturated heterocycles. The minimum atomic E-state index is 0.552. The molecule has 0 aliphatic rings. The van der Waals surface area contributed by atoms with Crippen molar-refractivity contribution in [3.8, 4) is 29.0 Å².